The molecule has 1 saturated heterocycles. The highest BCUT2D eigenvalue weighted by Gasteiger charge is 2.31. The summed E-state index contributed by atoms with van der Waals surface area (Å²) < 4.78 is 23.0. The lowest BCUT2D eigenvalue weighted by Gasteiger charge is -2.22. The molecular weight excluding hydrogens is 266 g/mol. The smallest absolute Gasteiger partial charge is 0.247 e. The molecule has 1 aliphatic rings. The molecule has 1 fully saturated rings. The van der Waals surface area contributed by atoms with E-state index in [1.807, 2.05) is 7.05 Å². The number of aromatic nitrogens is 3. The minimum absolute atomic E-state index is 0.0618. The summed E-state index contributed by atoms with van der Waals surface area (Å²) in [7, 11) is -1.09. The van der Waals surface area contributed by atoms with Gasteiger partial charge in [0.05, 0.1) is 17.7 Å². The van der Waals surface area contributed by atoms with Crippen LogP contribution in [0.4, 0.5) is 11.8 Å². The van der Waals surface area contributed by atoms with Crippen molar-refractivity contribution in [3.05, 3.63) is 6.20 Å². The maximum atomic E-state index is 11.5. The number of nitrogens with zero attached hydrogens (tertiary/aromatic N) is 4. The van der Waals surface area contributed by atoms with Crippen molar-refractivity contribution in [3.63, 3.8) is 0 Å². The first-order chi connectivity index (χ1) is 9.02. The summed E-state index contributed by atoms with van der Waals surface area (Å²) in [5.74, 6) is 1.53. The van der Waals surface area contributed by atoms with Crippen molar-refractivity contribution >= 4 is 21.6 Å². The Morgan fingerprint density at radius 3 is 2.95 bits per heavy atom. The zero-order valence-electron chi connectivity index (χ0n) is 11.2. The topological polar surface area (TPSA) is 88.1 Å². The van der Waals surface area contributed by atoms with Gasteiger partial charge in [-0.25, -0.2) is 8.42 Å². The van der Waals surface area contributed by atoms with E-state index in [1.165, 1.54) is 0 Å². The van der Waals surface area contributed by atoms with Gasteiger partial charge < -0.3 is 10.2 Å². The second kappa shape index (κ2) is 5.68. The predicted molar refractivity (Wildman–Crippen MR) is 74.1 cm³/mol. The van der Waals surface area contributed by atoms with Crippen LogP contribution in [0.2, 0.25) is 0 Å². The number of sulfone groups is 1. The van der Waals surface area contributed by atoms with Crippen LogP contribution in [-0.2, 0) is 9.84 Å². The van der Waals surface area contributed by atoms with Gasteiger partial charge in [-0.1, -0.05) is 6.92 Å². The Balaban J connectivity index is 2.08. The predicted octanol–water partition coefficient (Wildman–Crippen LogP) is 0.317. The van der Waals surface area contributed by atoms with Crippen molar-refractivity contribution in [2.24, 2.45) is 0 Å². The number of hydrogen-bond acceptors (Lipinski definition) is 7. The van der Waals surface area contributed by atoms with Crippen LogP contribution in [0.25, 0.3) is 0 Å². The second-order valence-electron chi connectivity index (χ2n) is 4.74. The quantitative estimate of drug-likeness (QED) is 0.833. The van der Waals surface area contributed by atoms with Crippen LogP contribution in [0.3, 0.4) is 0 Å². The van der Waals surface area contributed by atoms with E-state index >= 15 is 0 Å². The normalized spacial score (nSPS) is 21.3. The molecule has 2 rings (SSSR count). The standard InChI is InChI=1S/C11H19N5O2S/c1-3-5-12-10-7-13-15-11(14-10)16(2)9-4-6-19(17,18)8-9/h7,9H,3-6,8H2,1-2H3,(H,12,14,15). The van der Waals surface area contributed by atoms with E-state index in [4.69, 9.17) is 0 Å². The van der Waals surface area contributed by atoms with Gasteiger partial charge in [-0.2, -0.15) is 10.1 Å². The molecule has 19 heavy (non-hydrogen) atoms. The monoisotopic (exact) mass is 285 g/mol. The molecule has 0 aliphatic carbocycles. The molecule has 1 aliphatic heterocycles. The number of nitrogens with one attached hydrogen (secondary N) is 1. The van der Waals surface area contributed by atoms with Crippen LogP contribution in [0.15, 0.2) is 6.20 Å². The minimum Gasteiger partial charge on any atom is -0.369 e. The molecular formula is C11H19N5O2S. The summed E-state index contributed by atoms with van der Waals surface area (Å²) >= 11 is 0. The molecule has 1 atom stereocenters. The molecule has 2 heterocycles. The SMILES string of the molecule is CCCNc1cnnc(N(C)C2CCS(=O)(=O)C2)n1. The fraction of sp³-hybridized carbons (Fsp3) is 0.727. The number of hydrogen-bond donors (Lipinski definition) is 1. The first-order valence-corrected chi connectivity index (χ1v) is 8.21. The summed E-state index contributed by atoms with van der Waals surface area (Å²) in [6, 6.07) is -0.0618. The Labute approximate surface area is 113 Å². The third-order valence-corrected chi connectivity index (χ3v) is 4.93. The fourth-order valence-electron chi connectivity index (χ4n) is 2.03. The first-order valence-electron chi connectivity index (χ1n) is 6.38. The molecule has 0 amide bonds. The Bertz CT molecular complexity index is 534. The Morgan fingerprint density at radius 2 is 2.32 bits per heavy atom. The van der Waals surface area contributed by atoms with E-state index in [-0.39, 0.29) is 17.5 Å². The van der Waals surface area contributed by atoms with E-state index in [9.17, 15) is 8.42 Å². The van der Waals surface area contributed by atoms with Crippen LogP contribution in [-0.4, -0.2) is 54.7 Å². The molecule has 0 spiro atoms. The molecule has 8 heteroatoms. The van der Waals surface area contributed by atoms with Gasteiger partial charge in [0, 0.05) is 19.6 Å². The van der Waals surface area contributed by atoms with Crippen LogP contribution in [0.5, 0.6) is 0 Å². The Kier molecular flexibility index (Phi) is 4.18. The first kappa shape index (κ1) is 14.0. The van der Waals surface area contributed by atoms with Gasteiger partial charge in [0.15, 0.2) is 15.7 Å². The van der Waals surface area contributed by atoms with Gasteiger partial charge in [0.2, 0.25) is 5.95 Å². The summed E-state index contributed by atoms with van der Waals surface area (Å²) in [5, 5.41) is 11.0. The molecule has 106 valence electrons. The average molecular weight is 285 g/mol. The Hall–Kier alpha value is -1.44. The molecule has 0 radical (unpaired) electrons. The van der Waals surface area contributed by atoms with Crippen LogP contribution < -0.4 is 10.2 Å². The van der Waals surface area contributed by atoms with Crippen molar-refractivity contribution in [1.82, 2.24) is 15.2 Å². The van der Waals surface area contributed by atoms with Gasteiger partial charge in [0.1, 0.15) is 0 Å². The van der Waals surface area contributed by atoms with E-state index in [1.54, 1.807) is 11.1 Å². The van der Waals surface area contributed by atoms with Crippen molar-refractivity contribution < 1.29 is 8.42 Å². The van der Waals surface area contributed by atoms with Gasteiger partial charge in [0.25, 0.3) is 0 Å². The highest BCUT2D eigenvalue weighted by molar-refractivity contribution is 7.91. The summed E-state index contributed by atoms with van der Waals surface area (Å²) in [6.45, 7) is 2.89. The van der Waals surface area contributed by atoms with Crippen LogP contribution in [0, 0.1) is 0 Å². The van der Waals surface area contributed by atoms with Gasteiger partial charge >= 0.3 is 0 Å². The van der Waals surface area contributed by atoms with Gasteiger partial charge in [-0.05, 0) is 12.8 Å². The Morgan fingerprint density at radius 1 is 1.53 bits per heavy atom. The largest absolute Gasteiger partial charge is 0.369 e. The maximum absolute atomic E-state index is 11.5. The highest BCUT2D eigenvalue weighted by atomic mass is 32.2. The second-order valence-corrected chi connectivity index (χ2v) is 6.96. The molecule has 7 nitrogen and oxygen atoms in total. The fourth-order valence-corrected chi connectivity index (χ4v) is 3.80. The summed E-state index contributed by atoms with van der Waals surface area (Å²) in [4.78, 5) is 6.15. The van der Waals surface area contributed by atoms with Crippen molar-refractivity contribution in [1.29, 1.82) is 0 Å². The van der Waals surface area contributed by atoms with E-state index in [2.05, 4.69) is 27.4 Å². The van der Waals surface area contributed by atoms with Gasteiger partial charge in [-0.3, -0.25) is 0 Å². The summed E-state index contributed by atoms with van der Waals surface area (Å²) in [6.07, 6.45) is 3.18. The molecule has 1 unspecified atom stereocenters. The summed E-state index contributed by atoms with van der Waals surface area (Å²) in [5.41, 5.74) is 0. The molecule has 0 saturated carbocycles. The molecule has 1 aromatic rings. The zero-order chi connectivity index (χ0) is 13.9. The van der Waals surface area contributed by atoms with Crippen LogP contribution in [0.1, 0.15) is 19.8 Å². The lowest BCUT2D eigenvalue weighted by molar-refractivity contribution is 0.600. The minimum atomic E-state index is -2.91. The molecule has 1 N–H and O–H groups in total. The van der Waals surface area contributed by atoms with Crippen molar-refractivity contribution in [2.75, 3.05) is 35.3 Å². The van der Waals surface area contributed by atoms with E-state index < -0.39 is 9.84 Å². The molecule has 0 aromatic carbocycles. The lowest BCUT2D eigenvalue weighted by atomic mass is 10.2. The average Bonchev–Trinajstić information content (AvgIpc) is 2.76. The molecule has 1 aromatic heterocycles. The van der Waals surface area contributed by atoms with E-state index in [0.717, 1.165) is 13.0 Å². The zero-order valence-corrected chi connectivity index (χ0v) is 12.0. The van der Waals surface area contributed by atoms with E-state index in [0.29, 0.717) is 18.2 Å². The maximum Gasteiger partial charge on any atom is 0.247 e. The van der Waals surface area contributed by atoms with Crippen molar-refractivity contribution in [3.8, 4) is 0 Å². The third-order valence-electron chi connectivity index (χ3n) is 3.18. The van der Waals surface area contributed by atoms with Gasteiger partial charge in [-0.15, -0.1) is 5.10 Å². The number of rotatable bonds is 5. The third kappa shape index (κ3) is 3.52. The van der Waals surface area contributed by atoms with Crippen LogP contribution >= 0.6 is 0 Å². The molecule has 0 bridgehead atoms. The highest BCUT2D eigenvalue weighted by Crippen LogP contribution is 2.20. The lowest BCUT2D eigenvalue weighted by Crippen LogP contribution is -2.34. The van der Waals surface area contributed by atoms with Crippen molar-refractivity contribution in [2.45, 2.75) is 25.8 Å². The number of anilines is 2.